The molecule has 100 valence electrons. The van der Waals surface area contributed by atoms with Crippen molar-refractivity contribution in [3.05, 3.63) is 24.3 Å². The van der Waals surface area contributed by atoms with Crippen LogP contribution in [0, 0.1) is 5.41 Å². The van der Waals surface area contributed by atoms with Gasteiger partial charge in [-0.05, 0) is 24.3 Å². The molecule has 1 rings (SSSR count). The molecule has 0 aliphatic heterocycles. The van der Waals surface area contributed by atoms with Crippen LogP contribution in [0.25, 0.3) is 0 Å². The van der Waals surface area contributed by atoms with E-state index >= 15 is 0 Å². The van der Waals surface area contributed by atoms with Gasteiger partial charge in [-0.3, -0.25) is 10.8 Å². The van der Waals surface area contributed by atoms with Crippen molar-refractivity contribution >= 4 is 48.1 Å². The maximum Gasteiger partial charge on any atom is 0.232 e. The highest BCUT2D eigenvalue weighted by molar-refractivity contribution is 5.85. The summed E-state index contributed by atoms with van der Waals surface area (Å²) in [5.74, 6) is -0.400. The molecule has 0 amide bonds. The Morgan fingerprint density at radius 1 is 1.06 bits per heavy atom. The number of anilines is 1. The fourth-order valence-electron chi connectivity index (χ4n) is 0.843. The van der Waals surface area contributed by atoms with Gasteiger partial charge in [0.1, 0.15) is 0 Å². The molecule has 1 aromatic carbocycles. The lowest BCUT2D eigenvalue weighted by atomic mass is 10.3. The second kappa shape index (κ2) is 9.02. The summed E-state index contributed by atoms with van der Waals surface area (Å²) in [5, 5.41) is 17.6. The van der Waals surface area contributed by atoms with Gasteiger partial charge in [0.05, 0.1) is 11.4 Å². The zero-order valence-electron chi connectivity index (χ0n) is 9.20. The summed E-state index contributed by atoms with van der Waals surface area (Å²) in [6.45, 7) is 0. The molecular formula is C8H14Cl2N8. The maximum absolute atomic E-state index is 6.86. The average molecular weight is 293 g/mol. The molecule has 0 bridgehead atoms. The molecule has 0 fully saturated rings. The lowest BCUT2D eigenvalue weighted by Gasteiger charge is -2.00. The van der Waals surface area contributed by atoms with E-state index in [9.17, 15) is 0 Å². The summed E-state index contributed by atoms with van der Waals surface area (Å²) in [5.41, 5.74) is 19.2. The third kappa shape index (κ3) is 7.25. The molecule has 1 aromatic rings. The van der Waals surface area contributed by atoms with Crippen LogP contribution in [0.5, 0.6) is 0 Å². The highest BCUT2D eigenvalue weighted by Gasteiger charge is 1.92. The van der Waals surface area contributed by atoms with E-state index in [1.54, 1.807) is 24.3 Å². The maximum atomic E-state index is 6.86. The normalized spacial score (nSPS) is 8.89. The first-order chi connectivity index (χ1) is 7.58. The Morgan fingerprint density at radius 2 is 1.61 bits per heavy atom. The SMILES string of the molecule is Cl.Cl.N=C(N)N=Nc1ccc(NN=C(N)N)cc1. The van der Waals surface area contributed by atoms with Gasteiger partial charge in [-0.15, -0.1) is 40.1 Å². The third-order valence-electron chi connectivity index (χ3n) is 1.45. The van der Waals surface area contributed by atoms with Crippen molar-refractivity contribution in [3.8, 4) is 0 Å². The lowest BCUT2D eigenvalue weighted by molar-refractivity contribution is 1.21. The minimum atomic E-state index is -0.345. The van der Waals surface area contributed by atoms with E-state index in [1.165, 1.54) is 0 Å². The largest absolute Gasteiger partial charge is 0.369 e. The molecule has 10 heteroatoms. The summed E-state index contributed by atoms with van der Waals surface area (Å²) >= 11 is 0. The van der Waals surface area contributed by atoms with E-state index in [1.807, 2.05) is 0 Å². The van der Waals surface area contributed by atoms with E-state index < -0.39 is 0 Å². The molecule has 8 nitrogen and oxygen atoms in total. The molecule has 0 unspecified atom stereocenters. The van der Waals surface area contributed by atoms with Gasteiger partial charge in [0.15, 0.2) is 0 Å². The van der Waals surface area contributed by atoms with E-state index in [-0.39, 0.29) is 36.7 Å². The molecule has 0 radical (unpaired) electrons. The quantitative estimate of drug-likeness (QED) is 0.245. The van der Waals surface area contributed by atoms with Crippen LogP contribution in [-0.4, -0.2) is 11.9 Å². The highest BCUT2D eigenvalue weighted by Crippen LogP contribution is 2.16. The Labute approximate surface area is 116 Å². The van der Waals surface area contributed by atoms with Crippen LogP contribution in [0.15, 0.2) is 39.6 Å². The van der Waals surface area contributed by atoms with Crippen LogP contribution < -0.4 is 22.6 Å². The number of nitrogens with two attached hydrogens (primary N) is 3. The number of halogens is 2. The zero-order valence-corrected chi connectivity index (χ0v) is 10.8. The molecule has 0 heterocycles. The lowest BCUT2D eigenvalue weighted by Crippen LogP contribution is -2.23. The van der Waals surface area contributed by atoms with Gasteiger partial charge in [-0.25, -0.2) is 0 Å². The van der Waals surface area contributed by atoms with Gasteiger partial charge in [0.25, 0.3) is 0 Å². The number of nitrogens with one attached hydrogen (secondary N) is 2. The minimum Gasteiger partial charge on any atom is -0.369 e. The van der Waals surface area contributed by atoms with E-state index in [0.717, 1.165) is 0 Å². The van der Waals surface area contributed by atoms with Crippen molar-refractivity contribution in [1.29, 1.82) is 5.41 Å². The van der Waals surface area contributed by atoms with Crippen LogP contribution in [0.2, 0.25) is 0 Å². The summed E-state index contributed by atoms with van der Waals surface area (Å²) in [6, 6.07) is 6.77. The Hall–Kier alpha value is -2.06. The standard InChI is InChI=1S/C8H12N8.2ClH/c9-7(10)15-13-5-1-2-6(4-3-5)14-16-8(11)12;;/h1-4,13H,(H3,11,12)(H4,9,10,15);2*1H. The van der Waals surface area contributed by atoms with Crippen LogP contribution in [-0.2, 0) is 0 Å². The first-order valence-electron chi connectivity index (χ1n) is 4.28. The van der Waals surface area contributed by atoms with E-state index in [2.05, 4.69) is 20.8 Å². The van der Waals surface area contributed by atoms with Crippen molar-refractivity contribution in [2.75, 3.05) is 5.43 Å². The van der Waals surface area contributed by atoms with Crippen LogP contribution in [0.4, 0.5) is 11.4 Å². The number of nitrogens with zero attached hydrogens (tertiary/aromatic N) is 3. The molecule has 0 atom stereocenters. The average Bonchev–Trinajstić information content (AvgIpc) is 2.25. The Balaban J connectivity index is 0. The number of hydrazone groups is 1. The fraction of sp³-hybridized carbons (Fsp3) is 0. The molecule has 8 N–H and O–H groups in total. The van der Waals surface area contributed by atoms with E-state index in [4.69, 9.17) is 22.6 Å². The van der Waals surface area contributed by atoms with Crippen molar-refractivity contribution < 1.29 is 0 Å². The summed E-state index contributed by atoms with van der Waals surface area (Å²) in [6.07, 6.45) is 0. The molecule has 0 aliphatic carbocycles. The third-order valence-corrected chi connectivity index (χ3v) is 1.45. The predicted octanol–water partition coefficient (Wildman–Crippen LogP) is 1.11. The fourth-order valence-corrected chi connectivity index (χ4v) is 0.843. The summed E-state index contributed by atoms with van der Waals surface area (Å²) in [7, 11) is 0. The topological polar surface area (TPSA) is 151 Å². The van der Waals surface area contributed by atoms with Gasteiger partial charge >= 0.3 is 0 Å². The van der Waals surface area contributed by atoms with Crippen LogP contribution in [0.3, 0.4) is 0 Å². The second-order valence-corrected chi connectivity index (χ2v) is 2.78. The number of hydrogen-bond acceptors (Lipinski definition) is 4. The predicted molar refractivity (Wildman–Crippen MR) is 76.8 cm³/mol. The van der Waals surface area contributed by atoms with Crippen molar-refractivity contribution in [3.63, 3.8) is 0 Å². The van der Waals surface area contributed by atoms with Crippen molar-refractivity contribution in [2.24, 2.45) is 32.5 Å². The number of rotatable bonds is 3. The van der Waals surface area contributed by atoms with Gasteiger partial charge in [-0.1, -0.05) is 0 Å². The van der Waals surface area contributed by atoms with Gasteiger partial charge in [0.2, 0.25) is 11.9 Å². The molecular weight excluding hydrogens is 279 g/mol. The highest BCUT2D eigenvalue weighted by atomic mass is 35.5. The van der Waals surface area contributed by atoms with Gasteiger partial charge in [-0.2, -0.15) is 0 Å². The van der Waals surface area contributed by atoms with Crippen LogP contribution in [0.1, 0.15) is 0 Å². The molecule has 0 aliphatic rings. The van der Waals surface area contributed by atoms with Crippen molar-refractivity contribution in [2.45, 2.75) is 0 Å². The molecule has 18 heavy (non-hydrogen) atoms. The minimum absolute atomic E-state index is 0. The van der Waals surface area contributed by atoms with Crippen molar-refractivity contribution in [1.82, 2.24) is 0 Å². The monoisotopic (exact) mass is 292 g/mol. The van der Waals surface area contributed by atoms with E-state index in [0.29, 0.717) is 11.4 Å². The second-order valence-electron chi connectivity index (χ2n) is 2.78. The molecule has 0 spiro atoms. The molecule has 0 saturated heterocycles. The first kappa shape index (κ1) is 18.3. The summed E-state index contributed by atoms with van der Waals surface area (Å²) < 4.78 is 0. The van der Waals surface area contributed by atoms with Gasteiger partial charge < -0.3 is 17.2 Å². The number of hydrogen-bond donors (Lipinski definition) is 5. The zero-order chi connectivity index (χ0) is 12.0. The Bertz CT molecular complexity index is 423. The Morgan fingerprint density at radius 3 is 2.06 bits per heavy atom. The van der Waals surface area contributed by atoms with Gasteiger partial charge in [0, 0.05) is 0 Å². The molecule has 0 aromatic heterocycles. The summed E-state index contributed by atoms with van der Waals surface area (Å²) in [4.78, 5) is 0. The van der Waals surface area contributed by atoms with Crippen LogP contribution >= 0.6 is 24.8 Å². The smallest absolute Gasteiger partial charge is 0.232 e. The number of benzene rings is 1. The number of guanidine groups is 2. The molecule has 0 saturated carbocycles. The number of azo groups is 1. The first-order valence-corrected chi connectivity index (χ1v) is 4.28. The Kier molecular flexibility index (Phi) is 9.18.